The van der Waals surface area contributed by atoms with Crippen molar-refractivity contribution in [2.24, 2.45) is 4.99 Å². The Balaban J connectivity index is 1.74. The van der Waals surface area contributed by atoms with Crippen LogP contribution in [0.4, 0.5) is 22.7 Å². The molecular weight excluding hydrogens is 512 g/mol. The molecule has 10 nitrogen and oxygen atoms in total. The van der Waals surface area contributed by atoms with Crippen LogP contribution in [-0.2, 0) is 0 Å². The van der Waals surface area contributed by atoms with E-state index in [1.807, 2.05) is 19.1 Å². The minimum Gasteiger partial charge on any atom is -0.493 e. The molecule has 3 aromatic rings. The first kappa shape index (κ1) is 28.3. The summed E-state index contributed by atoms with van der Waals surface area (Å²) in [5.74, 6) is 2.60. The van der Waals surface area contributed by atoms with Crippen molar-refractivity contribution in [3.05, 3.63) is 75.8 Å². The fourth-order valence-corrected chi connectivity index (χ4v) is 4.51. The Hall–Kier alpha value is -4.73. The van der Waals surface area contributed by atoms with Gasteiger partial charge in [-0.3, -0.25) is 10.1 Å². The van der Waals surface area contributed by atoms with Crippen molar-refractivity contribution in [3.63, 3.8) is 0 Å². The van der Waals surface area contributed by atoms with Crippen molar-refractivity contribution in [2.75, 3.05) is 32.0 Å². The predicted molar refractivity (Wildman–Crippen MR) is 158 cm³/mol. The van der Waals surface area contributed by atoms with E-state index in [-0.39, 0.29) is 11.3 Å². The molecule has 0 aliphatic carbocycles. The van der Waals surface area contributed by atoms with E-state index in [9.17, 15) is 10.1 Å². The van der Waals surface area contributed by atoms with Gasteiger partial charge in [-0.1, -0.05) is 19.4 Å². The maximum absolute atomic E-state index is 11.1. The van der Waals surface area contributed by atoms with Crippen LogP contribution in [0, 0.1) is 17.0 Å². The lowest BCUT2D eigenvalue weighted by molar-refractivity contribution is -0.384. The van der Waals surface area contributed by atoms with Crippen LogP contribution < -0.4 is 29.6 Å². The molecule has 0 bridgehead atoms. The molecule has 1 aliphatic rings. The van der Waals surface area contributed by atoms with Gasteiger partial charge in [0.05, 0.1) is 31.9 Å². The Labute approximate surface area is 233 Å². The Morgan fingerprint density at radius 3 is 2.23 bits per heavy atom. The molecule has 1 aliphatic heterocycles. The van der Waals surface area contributed by atoms with Gasteiger partial charge in [0.1, 0.15) is 11.4 Å². The Bertz CT molecular complexity index is 1430. The average Bonchev–Trinajstić information content (AvgIpc) is 2.93. The molecule has 1 heterocycles. The summed E-state index contributed by atoms with van der Waals surface area (Å²) in [6.07, 6.45) is 6.10. The standard InChI is InChI=1S/C30H34N4O6/c1-7-13-30(3)14-12-20-16-24(19(2)15-25(20)40-30)33-29(31-21-8-10-23(11-9-21)34(35)36)32-22-17-26(37-4)28(39-6)27(18-22)38-5/h8-12,14-18H,7,13H2,1-6H3,(H2,31,32,33). The molecule has 1 atom stereocenters. The molecule has 4 rings (SSSR count). The van der Waals surface area contributed by atoms with E-state index >= 15 is 0 Å². The number of fused-ring (bicyclic) bond motifs is 1. The molecule has 0 saturated heterocycles. The van der Waals surface area contributed by atoms with E-state index < -0.39 is 4.92 Å². The first-order valence-corrected chi connectivity index (χ1v) is 12.9. The van der Waals surface area contributed by atoms with Gasteiger partial charge in [-0.2, -0.15) is 0 Å². The monoisotopic (exact) mass is 546 g/mol. The van der Waals surface area contributed by atoms with Crippen LogP contribution in [0.15, 0.2) is 59.6 Å². The number of nitro groups is 1. The number of hydrogen-bond acceptors (Lipinski definition) is 7. The molecule has 210 valence electrons. The minimum atomic E-state index is -0.440. The molecule has 2 N–H and O–H groups in total. The Kier molecular flexibility index (Phi) is 8.47. The molecule has 0 radical (unpaired) electrons. The number of nitrogens with zero attached hydrogens (tertiary/aromatic N) is 2. The van der Waals surface area contributed by atoms with Crippen molar-refractivity contribution < 1.29 is 23.9 Å². The third kappa shape index (κ3) is 6.28. The van der Waals surface area contributed by atoms with Crippen molar-refractivity contribution in [2.45, 2.75) is 39.2 Å². The fraction of sp³-hybridized carbons (Fsp3) is 0.300. The number of anilines is 2. The number of guanidine groups is 1. The lowest BCUT2D eigenvalue weighted by Gasteiger charge is -2.31. The number of methoxy groups -OCH3 is 3. The van der Waals surface area contributed by atoms with E-state index in [4.69, 9.17) is 23.9 Å². The fourth-order valence-electron chi connectivity index (χ4n) is 4.51. The topological polar surface area (TPSA) is 116 Å². The third-order valence-corrected chi connectivity index (χ3v) is 6.53. The minimum absolute atomic E-state index is 0.00554. The molecule has 0 fully saturated rings. The number of non-ortho nitro benzene ring substituents is 1. The number of nitro benzene ring substituents is 1. The number of nitrogens with one attached hydrogen (secondary N) is 2. The number of benzene rings is 3. The first-order chi connectivity index (χ1) is 19.2. The smallest absolute Gasteiger partial charge is 0.269 e. The van der Waals surface area contributed by atoms with Crippen LogP contribution in [0.3, 0.4) is 0 Å². The zero-order valence-electron chi connectivity index (χ0n) is 23.5. The number of rotatable bonds is 9. The number of hydrogen-bond donors (Lipinski definition) is 2. The SMILES string of the molecule is CCCC1(C)C=Cc2cc(N=C(Nc3ccc([N+](=O)[O-])cc3)Nc3cc(OC)c(OC)c(OC)c3)c(C)cc2O1. The molecule has 0 aromatic heterocycles. The summed E-state index contributed by atoms with van der Waals surface area (Å²) in [4.78, 5) is 15.6. The average molecular weight is 547 g/mol. The van der Waals surface area contributed by atoms with Crippen molar-refractivity contribution in [1.29, 1.82) is 0 Å². The van der Waals surface area contributed by atoms with Gasteiger partial charge >= 0.3 is 0 Å². The van der Waals surface area contributed by atoms with Gasteiger partial charge in [-0.25, -0.2) is 4.99 Å². The summed E-state index contributed by atoms with van der Waals surface area (Å²) in [5.41, 5.74) is 3.46. The summed E-state index contributed by atoms with van der Waals surface area (Å²) >= 11 is 0. The number of aliphatic imine (C=N–C) groups is 1. The lowest BCUT2D eigenvalue weighted by Crippen LogP contribution is -2.31. The molecule has 0 amide bonds. The van der Waals surface area contributed by atoms with Crippen LogP contribution in [0.1, 0.15) is 37.8 Å². The lowest BCUT2D eigenvalue weighted by atomic mass is 9.95. The van der Waals surface area contributed by atoms with Gasteiger partial charge in [0.2, 0.25) is 11.7 Å². The summed E-state index contributed by atoms with van der Waals surface area (Å²) in [5, 5.41) is 17.6. The van der Waals surface area contributed by atoms with Crippen LogP contribution in [0.25, 0.3) is 6.08 Å². The molecule has 1 unspecified atom stereocenters. The Morgan fingerprint density at radius 2 is 1.65 bits per heavy atom. The molecular formula is C30H34N4O6. The predicted octanol–water partition coefficient (Wildman–Crippen LogP) is 7.11. The zero-order valence-corrected chi connectivity index (χ0v) is 23.5. The quantitative estimate of drug-likeness (QED) is 0.126. The molecule has 0 saturated carbocycles. The van der Waals surface area contributed by atoms with Crippen molar-refractivity contribution in [3.8, 4) is 23.0 Å². The van der Waals surface area contributed by atoms with Gasteiger partial charge < -0.3 is 29.6 Å². The second-order valence-electron chi connectivity index (χ2n) is 9.60. The normalized spacial score (nSPS) is 16.0. The van der Waals surface area contributed by atoms with Crippen molar-refractivity contribution in [1.82, 2.24) is 0 Å². The maximum Gasteiger partial charge on any atom is 0.269 e. The highest BCUT2D eigenvalue weighted by Crippen LogP contribution is 2.40. The van der Waals surface area contributed by atoms with E-state index in [0.29, 0.717) is 34.6 Å². The van der Waals surface area contributed by atoms with Crippen LogP contribution >= 0.6 is 0 Å². The third-order valence-electron chi connectivity index (χ3n) is 6.53. The van der Waals surface area contributed by atoms with Gasteiger partial charge in [-0.15, -0.1) is 0 Å². The van der Waals surface area contributed by atoms with Gasteiger partial charge in [-0.05, 0) is 56.2 Å². The second kappa shape index (κ2) is 12.0. The Morgan fingerprint density at radius 1 is 1.00 bits per heavy atom. The highest BCUT2D eigenvalue weighted by atomic mass is 16.6. The van der Waals surface area contributed by atoms with Gasteiger partial charge in [0.15, 0.2) is 11.5 Å². The number of ether oxygens (including phenoxy) is 4. The first-order valence-electron chi connectivity index (χ1n) is 12.9. The number of aryl methyl sites for hydroxylation is 1. The van der Waals surface area contributed by atoms with Crippen LogP contribution in [0.2, 0.25) is 0 Å². The van der Waals surface area contributed by atoms with Crippen molar-refractivity contribution >= 4 is 34.8 Å². The molecule has 10 heteroatoms. The maximum atomic E-state index is 11.1. The highest BCUT2D eigenvalue weighted by molar-refractivity contribution is 6.05. The van der Waals surface area contributed by atoms with Crippen LogP contribution in [-0.4, -0.2) is 37.8 Å². The van der Waals surface area contributed by atoms with Gasteiger partial charge in [0, 0.05) is 41.2 Å². The molecule has 0 spiro atoms. The van der Waals surface area contributed by atoms with E-state index in [1.54, 1.807) is 45.6 Å². The zero-order chi connectivity index (χ0) is 28.9. The van der Waals surface area contributed by atoms with E-state index in [1.165, 1.54) is 12.1 Å². The highest BCUT2D eigenvalue weighted by Gasteiger charge is 2.27. The largest absolute Gasteiger partial charge is 0.493 e. The van der Waals surface area contributed by atoms with Crippen LogP contribution in [0.5, 0.6) is 23.0 Å². The summed E-state index contributed by atoms with van der Waals surface area (Å²) < 4.78 is 22.8. The molecule has 3 aromatic carbocycles. The summed E-state index contributed by atoms with van der Waals surface area (Å²) in [6.45, 7) is 6.20. The van der Waals surface area contributed by atoms with Gasteiger partial charge in [0.25, 0.3) is 5.69 Å². The summed E-state index contributed by atoms with van der Waals surface area (Å²) in [7, 11) is 4.63. The second-order valence-corrected chi connectivity index (χ2v) is 9.60. The summed E-state index contributed by atoms with van der Waals surface area (Å²) in [6, 6.07) is 13.6. The van der Waals surface area contributed by atoms with E-state index in [2.05, 4.69) is 36.6 Å². The van der Waals surface area contributed by atoms with E-state index in [0.717, 1.165) is 35.4 Å². The molecule has 40 heavy (non-hydrogen) atoms.